The predicted molar refractivity (Wildman–Crippen MR) is 73.2 cm³/mol. The van der Waals surface area contributed by atoms with Gasteiger partial charge in [-0.05, 0) is 32.2 Å². The molecule has 1 fully saturated rings. The number of likely N-dealkylation sites (tertiary alicyclic amines) is 1. The van der Waals surface area contributed by atoms with Crippen LogP contribution in [0.2, 0.25) is 5.02 Å². The van der Waals surface area contributed by atoms with Gasteiger partial charge in [0.15, 0.2) is 0 Å². The molecule has 1 aliphatic heterocycles. The van der Waals surface area contributed by atoms with Gasteiger partial charge in [-0.1, -0.05) is 11.6 Å². The zero-order valence-corrected chi connectivity index (χ0v) is 12.2. The van der Waals surface area contributed by atoms with E-state index in [1.807, 2.05) is 18.7 Å². The van der Waals surface area contributed by atoms with E-state index in [1.165, 1.54) is 0 Å². The van der Waals surface area contributed by atoms with E-state index in [4.69, 9.17) is 16.7 Å². The highest BCUT2D eigenvalue weighted by Crippen LogP contribution is 2.25. The Labute approximate surface area is 118 Å². The largest absolute Gasteiger partial charge is 0.481 e. The molecule has 2 heterocycles. The van der Waals surface area contributed by atoms with Crippen LogP contribution in [-0.4, -0.2) is 38.8 Å². The van der Waals surface area contributed by atoms with Crippen molar-refractivity contribution in [1.82, 2.24) is 14.7 Å². The van der Waals surface area contributed by atoms with Crippen LogP contribution in [0.15, 0.2) is 0 Å². The van der Waals surface area contributed by atoms with Crippen LogP contribution < -0.4 is 0 Å². The maximum Gasteiger partial charge on any atom is 0.303 e. The van der Waals surface area contributed by atoms with Crippen LogP contribution in [-0.2, 0) is 18.4 Å². The van der Waals surface area contributed by atoms with Crippen LogP contribution in [0.1, 0.15) is 30.7 Å². The number of nitrogens with zero attached hydrogens (tertiary/aromatic N) is 3. The van der Waals surface area contributed by atoms with Gasteiger partial charge in [0.2, 0.25) is 0 Å². The normalized spacial score (nSPS) is 20.7. The number of carboxylic acids is 1. The molecule has 2 rings (SSSR count). The lowest BCUT2D eigenvalue weighted by atomic mass is 9.95. The van der Waals surface area contributed by atoms with Crippen molar-refractivity contribution in [1.29, 1.82) is 0 Å². The zero-order chi connectivity index (χ0) is 14.0. The average molecular weight is 286 g/mol. The third kappa shape index (κ3) is 3.48. The van der Waals surface area contributed by atoms with Crippen LogP contribution in [0, 0.1) is 12.8 Å². The minimum Gasteiger partial charge on any atom is -0.481 e. The second-order valence-electron chi connectivity index (χ2n) is 5.31. The third-order valence-electron chi connectivity index (χ3n) is 3.70. The van der Waals surface area contributed by atoms with Crippen molar-refractivity contribution >= 4 is 17.6 Å². The number of carboxylic acid groups (broad SMARTS) is 1. The number of piperidine rings is 1. The van der Waals surface area contributed by atoms with Crippen LogP contribution in [0.25, 0.3) is 0 Å². The summed E-state index contributed by atoms with van der Waals surface area (Å²) in [5.74, 6) is -0.458. The number of carbonyl (C=O) groups is 1. The molecule has 1 unspecified atom stereocenters. The van der Waals surface area contributed by atoms with Gasteiger partial charge in [0.25, 0.3) is 0 Å². The van der Waals surface area contributed by atoms with Gasteiger partial charge in [0, 0.05) is 26.6 Å². The summed E-state index contributed by atoms with van der Waals surface area (Å²) in [4.78, 5) is 13.1. The molecule has 5 nitrogen and oxygen atoms in total. The molecule has 0 amide bonds. The summed E-state index contributed by atoms with van der Waals surface area (Å²) in [6.45, 7) is 4.46. The molecular weight excluding hydrogens is 266 g/mol. The van der Waals surface area contributed by atoms with Gasteiger partial charge in [0.1, 0.15) is 0 Å². The fourth-order valence-corrected chi connectivity index (χ4v) is 2.99. The smallest absolute Gasteiger partial charge is 0.303 e. The van der Waals surface area contributed by atoms with Crippen LogP contribution in [0.4, 0.5) is 0 Å². The Morgan fingerprint density at radius 1 is 1.58 bits per heavy atom. The first-order chi connectivity index (χ1) is 8.97. The lowest BCUT2D eigenvalue weighted by molar-refractivity contribution is -0.138. The SMILES string of the molecule is Cc1nn(C)c(CN2CCCC(CC(=O)O)C2)c1Cl. The van der Waals surface area contributed by atoms with Gasteiger partial charge in [-0.15, -0.1) is 0 Å². The molecule has 0 aliphatic carbocycles. The molecule has 1 N–H and O–H groups in total. The lowest BCUT2D eigenvalue weighted by Gasteiger charge is -2.32. The number of aryl methyl sites for hydroxylation is 2. The Hall–Kier alpha value is -1.07. The molecule has 0 spiro atoms. The van der Waals surface area contributed by atoms with Crippen molar-refractivity contribution in [2.24, 2.45) is 13.0 Å². The number of rotatable bonds is 4. The van der Waals surface area contributed by atoms with E-state index in [9.17, 15) is 4.79 Å². The standard InChI is InChI=1S/C13H20ClN3O2/c1-9-13(14)11(16(2)15-9)8-17-5-3-4-10(7-17)6-12(18)19/h10H,3-8H2,1-2H3,(H,18,19). The Morgan fingerprint density at radius 3 is 2.89 bits per heavy atom. The molecule has 1 aromatic heterocycles. The number of halogens is 1. The molecule has 19 heavy (non-hydrogen) atoms. The van der Waals surface area contributed by atoms with Crippen LogP contribution in [0.3, 0.4) is 0 Å². The maximum atomic E-state index is 10.8. The van der Waals surface area contributed by atoms with E-state index in [0.29, 0.717) is 0 Å². The number of aliphatic carboxylic acids is 1. The molecule has 0 aromatic carbocycles. The van der Waals surface area contributed by atoms with E-state index in [1.54, 1.807) is 0 Å². The highest BCUT2D eigenvalue weighted by atomic mass is 35.5. The van der Waals surface area contributed by atoms with Gasteiger partial charge >= 0.3 is 5.97 Å². The summed E-state index contributed by atoms with van der Waals surface area (Å²) in [5.41, 5.74) is 1.86. The predicted octanol–water partition coefficient (Wildman–Crippen LogP) is 2.07. The van der Waals surface area contributed by atoms with Gasteiger partial charge in [0.05, 0.1) is 16.4 Å². The lowest BCUT2D eigenvalue weighted by Crippen LogP contribution is -2.36. The maximum absolute atomic E-state index is 10.8. The summed E-state index contributed by atoms with van der Waals surface area (Å²) in [5, 5.41) is 13.9. The Bertz CT molecular complexity index is 473. The number of hydrogen-bond acceptors (Lipinski definition) is 3. The third-order valence-corrected chi connectivity index (χ3v) is 4.19. The molecule has 1 aliphatic rings. The van der Waals surface area contributed by atoms with E-state index in [-0.39, 0.29) is 12.3 Å². The first kappa shape index (κ1) is 14.3. The van der Waals surface area contributed by atoms with Gasteiger partial charge < -0.3 is 5.11 Å². The van der Waals surface area contributed by atoms with E-state index in [2.05, 4.69) is 10.00 Å². The quantitative estimate of drug-likeness (QED) is 0.920. The molecule has 106 valence electrons. The zero-order valence-electron chi connectivity index (χ0n) is 11.4. The van der Waals surface area contributed by atoms with Gasteiger partial charge in [-0.2, -0.15) is 5.10 Å². The monoisotopic (exact) mass is 285 g/mol. The van der Waals surface area contributed by atoms with Crippen LogP contribution in [0.5, 0.6) is 0 Å². The molecular formula is C13H20ClN3O2. The highest BCUT2D eigenvalue weighted by Gasteiger charge is 2.23. The number of aromatic nitrogens is 2. The molecule has 6 heteroatoms. The first-order valence-electron chi connectivity index (χ1n) is 6.59. The summed E-state index contributed by atoms with van der Waals surface area (Å²) in [6.07, 6.45) is 2.31. The topological polar surface area (TPSA) is 58.4 Å². The molecule has 1 aromatic rings. The van der Waals surface area contributed by atoms with Crippen molar-refractivity contribution in [2.45, 2.75) is 32.7 Å². The van der Waals surface area contributed by atoms with Crippen molar-refractivity contribution < 1.29 is 9.90 Å². The summed E-state index contributed by atoms with van der Waals surface area (Å²) in [7, 11) is 1.90. The van der Waals surface area contributed by atoms with Crippen LogP contribution >= 0.6 is 11.6 Å². The van der Waals surface area contributed by atoms with Gasteiger partial charge in [-0.25, -0.2) is 0 Å². The fraction of sp³-hybridized carbons (Fsp3) is 0.692. The van der Waals surface area contributed by atoms with E-state index in [0.717, 1.165) is 48.9 Å². The minimum absolute atomic E-state index is 0.249. The molecule has 0 bridgehead atoms. The number of hydrogen-bond donors (Lipinski definition) is 1. The molecule has 1 saturated heterocycles. The van der Waals surface area contributed by atoms with Crippen molar-refractivity contribution in [2.75, 3.05) is 13.1 Å². The minimum atomic E-state index is -0.707. The Morgan fingerprint density at radius 2 is 2.32 bits per heavy atom. The molecule has 1 atom stereocenters. The summed E-state index contributed by atoms with van der Waals surface area (Å²) >= 11 is 6.25. The second-order valence-corrected chi connectivity index (χ2v) is 5.69. The van der Waals surface area contributed by atoms with Crippen molar-refractivity contribution in [3.63, 3.8) is 0 Å². The highest BCUT2D eigenvalue weighted by molar-refractivity contribution is 6.31. The van der Waals surface area contributed by atoms with Crippen molar-refractivity contribution in [3.8, 4) is 0 Å². The summed E-state index contributed by atoms with van der Waals surface area (Å²) < 4.78 is 1.82. The van der Waals surface area contributed by atoms with Crippen molar-refractivity contribution in [3.05, 3.63) is 16.4 Å². The molecule has 0 saturated carbocycles. The van der Waals surface area contributed by atoms with E-state index < -0.39 is 5.97 Å². The van der Waals surface area contributed by atoms with Gasteiger partial charge in [-0.3, -0.25) is 14.4 Å². The Kier molecular flexibility index (Phi) is 4.47. The molecule has 0 radical (unpaired) electrons. The average Bonchev–Trinajstić information content (AvgIpc) is 2.56. The second kappa shape index (κ2) is 5.92. The Balaban J connectivity index is 2.00. The fourth-order valence-electron chi connectivity index (χ4n) is 2.77. The summed E-state index contributed by atoms with van der Waals surface area (Å²) in [6, 6.07) is 0. The first-order valence-corrected chi connectivity index (χ1v) is 6.97. The van der Waals surface area contributed by atoms with E-state index >= 15 is 0 Å².